The Morgan fingerprint density at radius 3 is 2.37 bits per heavy atom. The van der Waals surface area contributed by atoms with E-state index in [1.165, 1.54) is 17.0 Å². The van der Waals surface area contributed by atoms with Crippen LogP contribution in [0, 0.1) is 0 Å². The van der Waals surface area contributed by atoms with Crippen LogP contribution in [0.3, 0.4) is 0 Å². The van der Waals surface area contributed by atoms with Crippen LogP contribution in [-0.2, 0) is 21.2 Å². The van der Waals surface area contributed by atoms with E-state index >= 15 is 0 Å². The molecule has 6 nitrogen and oxygen atoms in total. The second kappa shape index (κ2) is 9.41. The summed E-state index contributed by atoms with van der Waals surface area (Å²) in [5.41, 5.74) is 2.41. The number of para-hydroxylation sites is 2. The standard InChI is InChI=1S/C20H26N2O4S/c1-4-16-11-13-17(14-12-16)21-20(23)10-7-15-22(27(3,24)25)18-8-5-6-9-19(18)26-2/h5-6,8-9,11-14H,4,7,10,15H2,1-3H3,(H,21,23). The zero-order valence-corrected chi connectivity index (χ0v) is 16.8. The van der Waals surface area contributed by atoms with E-state index in [0.717, 1.165) is 18.4 Å². The fourth-order valence-electron chi connectivity index (χ4n) is 2.73. The quantitative estimate of drug-likeness (QED) is 0.712. The predicted octanol–water partition coefficient (Wildman–Crippen LogP) is 3.44. The van der Waals surface area contributed by atoms with Crippen molar-refractivity contribution in [3.8, 4) is 5.75 Å². The molecular weight excluding hydrogens is 364 g/mol. The summed E-state index contributed by atoms with van der Waals surface area (Å²) in [7, 11) is -2.00. The van der Waals surface area contributed by atoms with Crippen LogP contribution in [0.1, 0.15) is 25.3 Å². The van der Waals surface area contributed by atoms with E-state index in [1.807, 2.05) is 24.3 Å². The van der Waals surface area contributed by atoms with Gasteiger partial charge in [0.05, 0.1) is 19.1 Å². The molecule has 1 N–H and O–H groups in total. The molecule has 7 heteroatoms. The van der Waals surface area contributed by atoms with E-state index in [9.17, 15) is 13.2 Å². The van der Waals surface area contributed by atoms with Gasteiger partial charge in [-0.2, -0.15) is 0 Å². The third-order valence-electron chi connectivity index (χ3n) is 4.17. The van der Waals surface area contributed by atoms with Crippen molar-refractivity contribution in [1.29, 1.82) is 0 Å². The van der Waals surface area contributed by atoms with Crippen LogP contribution in [0.4, 0.5) is 11.4 Å². The predicted molar refractivity (Wildman–Crippen MR) is 109 cm³/mol. The average Bonchev–Trinajstić information content (AvgIpc) is 2.65. The largest absolute Gasteiger partial charge is 0.495 e. The minimum atomic E-state index is -3.49. The summed E-state index contributed by atoms with van der Waals surface area (Å²) < 4.78 is 30.9. The summed E-state index contributed by atoms with van der Waals surface area (Å²) in [5, 5.41) is 2.84. The van der Waals surface area contributed by atoms with E-state index in [2.05, 4.69) is 12.2 Å². The van der Waals surface area contributed by atoms with Crippen molar-refractivity contribution in [3.63, 3.8) is 0 Å². The number of hydrogen-bond acceptors (Lipinski definition) is 4. The van der Waals surface area contributed by atoms with E-state index < -0.39 is 10.0 Å². The lowest BCUT2D eigenvalue weighted by atomic mass is 10.1. The lowest BCUT2D eigenvalue weighted by Gasteiger charge is -2.24. The first-order valence-electron chi connectivity index (χ1n) is 8.84. The number of amides is 1. The third kappa shape index (κ3) is 5.99. The summed E-state index contributed by atoms with van der Waals surface area (Å²) in [4.78, 5) is 12.2. The molecule has 0 atom stereocenters. The minimum absolute atomic E-state index is 0.146. The molecule has 2 rings (SSSR count). The van der Waals surface area contributed by atoms with Gasteiger partial charge in [0.1, 0.15) is 5.75 Å². The zero-order chi connectivity index (χ0) is 19.9. The Bertz CT molecular complexity index is 864. The van der Waals surface area contributed by atoms with Crippen molar-refractivity contribution >= 4 is 27.3 Å². The Labute approximate surface area is 161 Å². The van der Waals surface area contributed by atoms with Gasteiger partial charge in [0.2, 0.25) is 15.9 Å². The van der Waals surface area contributed by atoms with E-state index in [1.54, 1.807) is 24.3 Å². The first kappa shape index (κ1) is 20.8. The van der Waals surface area contributed by atoms with Gasteiger partial charge >= 0.3 is 0 Å². The first-order chi connectivity index (χ1) is 12.8. The smallest absolute Gasteiger partial charge is 0.232 e. The van der Waals surface area contributed by atoms with Gasteiger partial charge in [-0.3, -0.25) is 9.10 Å². The van der Waals surface area contributed by atoms with Crippen LogP contribution in [0.15, 0.2) is 48.5 Å². The zero-order valence-electron chi connectivity index (χ0n) is 15.9. The first-order valence-corrected chi connectivity index (χ1v) is 10.7. The maximum atomic E-state index is 12.2. The van der Waals surface area contributed by atoms with Gasteiger partial charge in [-0.25, -0.2) is 8.42 Å². The second-order valence-electron chi connectivity index (χ2n) is 6.21. The van der Waals surface area contributed by atoms with Crippen LogP contribution >= 0.6 is 0 Å². The number of nitrogens with zero attached hydrogens (tertiary/aromatic N) is 1. The molecule has 1 amide bonds. The monoisotopic (exact) mass is 390 g/mol. The summed E-state index contributed by atoms with van der Waals surface area (Å²) in [6.07, 6.45) is 2.70. The van der Waals surface area contributed by atoms with Gasteiger partial charge in [0, 0.05) is 18.7 Å². The Morgan fingerprint density at radius 2 is 1.78 bits per heavy atom. The molecule has 2 aromatic carbocycles. The van der Waals surface area contributed by atoms with Crippen LogP contribution < -0.4 is 14.4 Å². The molecule has 0 aromatic heterocycles. The SMILES string of the molecule is CCc1ccc(NC(=O)CCCN(c2ccccc2OC)S(C)(=O)=O)cc1. The van der Waals surface area contributed by atoms with Crippen molar-refractivity contribution in [3.05, 3.63) is 54.1 Å². The molecule has 0 unspecified atom stereocenters. The van der Waals surface area contributed by atoms with Gasteiger partial charge in [0.15, 0.2) is 0 Å². The molecule has 0 bridgehead atoms. The number of methoxy groups -OCH3 is 1. The number of hydrogen-bond donors (Lipinski definition) is 1. The summed E-state index contributed by atoms with van der Waals surface area (Å²) in [5.74, 6) is 0.330. The van der Waals surface area contributed by atoms with Crippen LogP contribution in [0.25, 0.3) is 0 Å². The number of benzene rings is 2. The number of anilines is 2. The van der Waals surface area contributed by atoms with E-state index in [4.69, 9.17) is 4.74 Å². The van der Waals surface area contributed by atoms with Crippen molar-refractivity contribution in [2.75, 3.05) is 29.5 Å². The van der Waals surface area contributed by atoms with Crippen molar-refractivity contribution in [2.24, 2.45) is 0 Å². The fraction of sp³-hybridized carbons (Fsp3) is 0.350. The lowest BCUT2D eigenvalue weighted by Crippen LogP contribution is -2.31. The average molecular weight is 391 g/mol. The fourth-order valence-corrected chi connectivity index (χ4v) is 3.70. The minimum Gasteiger partial charge on any atom is -0.495 e. The van der Waals surface area contributed by atoms with Gasteiger partial charge in [-0.15, -0.1) is 0 Å². The van der Waals surface area contributed by atoms with Gasteiger partial charge in [0.25, 0.3) is 0 Å². The number of ether oxygens (including phenoxy) is 1. The molecule has 0 saturated heterocycles. The number of rotatable bonds is 9. The molecule has 0 aliphatic carbocycles. The van der Waals surface area contributed by atoms with Gasteiger partial charge < -0.3 is 10.1 Å². The highest BCUT2D eigenvalue weighted by Crippen LogP contribution is 2.29. The van der Waals surface area contributed by atoms with Crippen LogP contribution in [0.5, 0.6) is 5.75 Å². The molecule has 0 fully saturated rings. The third-order valence-corrected chi connectivity index (χ3v) is 5.35. The molecule has 27 heavy (non-hydrogen) atoms. The summed E-state index contributed by atoms with van der Waals surface area (Å²) in [6.45, 7) is 2.27. The molecule has 0 saturated carbocycles. The van der Waals surface area contributed by atoms with E-state index in [0.29, 0.717) is 17.9 Å². The maximum absolute atomic E-state index is 12.2. The summed E-state index contributed by atoms with van der Waals surface area (Å²) >= 11 is 0. The molecule has 0 aliphatic heterocycles. The normalized spacial score (nSPS) is 11.1. The number of carbonyl (C=O) groups excluding carboxylic acids is 1. The maximum Gasteiger partial charge on any atom is 0.232 e. The molecule has 0 spiro atoms. The highest BCUT2D eigenvalue weighted by molar-refractivity contribution is 7.92. The highest BCUT2D eigenvalue weighted by Gasteiger charge is 2.20. The second-order valence-corrected chi connectivity index (χ2v) is 8.12. The van der Waals surface area contributed by atoms with Gasteiger partial charge in [-0.05, 0) is 42.7 Å². The summed E-state index contributed by atoms with van der Waals surface area (Å²) in [6, 6.07) is 14.6. The number of nitrogens with one attached hydrogen (secondary N) is 1. The van der Waals surface area contributed by atoms with Crippen LogP contribution in [0.2, 0.25) is 0 Å². The molecule has 0 aliphatic rings. The van der Waals surface area contributed by atoms with Crippen molar-refractivity contribution in [1.82, 2.24) is 0 Å². The molecule has 0 radical (unpaired) electrons. The topological polar surface area (TPSA) is 75.7 Å². The van der Waals surface area contributed by atoms with Gasteiger partial charge in [-0.1, -0.05) is 31.2 Å². The number of sulfonamides is 1. The Morgan fingerprint density at radius 1 is 1.11 bits per heavy atom. The number of carbonyl (C=O) groups is 1. The van der Waals surface area contributed by atoms with E-state index in [-0.39, 0.29) is 18.9 Å². The Hall–Kier alpha value is -2.54. The molecule has 2 aromatic rings. The van der Waals surface area contributed by atoms with Crippen LogP contribution in [-0.4, -0.2) is 34.2 Å². The molecule has 0 heterocycles. The Kier molecular flexibility index (Phi) is 7.24. The lowest BCUT2D eigenvalue weighted by molar-refractivity contribution is -0.116. The molecular formula is C20H26N2O4S. The highest BCUT2D eigenvalue weighted by atomic mass is 32.2. The van der Waals surface area contributed by atoms with Crippen molar-refractivity contribution in [2.45, 2.75) is 26.2 Å². The number of aryl methyl sites for hydroxylation is 1. The molecule has 146 valence electrons. The Balaban J connectivity index is 1.98. The van der Waals surface area contributed by atoms with Crippen molar-refractivity contribution < 1.29 is 17.9 Å².